The Morgan fingerprint density at radius 2 is 1.85 bits per heavy atom. The molecule has 2 aromatic rings. The highest BCUT2D eigenvalue weighted by Gasteiger charge is 2.29. The van der Waals surface area contributed by atoms with Crippen molar-refractivity contribution in [1.82, 2.24) is 15.0 Å². The molecule has 1 aromatic carbocycles. The maximum Gasteiger partial charge on any atom is 0.255 e. The van der Waals surface area contributed by atoms with E-state index in [0.29, 0.717) is 32.2 Å². The number of likely N-dealkylation sites (tertiary alicyclic amines) is 1. The van der Waals surface area contributed by atoms with Crippen molar-refractivity contribution in [2.24, 2.45) is 0 Å². The van der Waals surface area contributed by atoms with Crippen molar-refractivity contribution in [3.63, 3.8) is 0 Å². The molecule has 2 aliphatic rings. The van der Waals surface area contributed by atoms with Crippen molar-refractivity contribution in [2.75, 3.05) is 44.3 Å². The molecule has 2 saturated heterocycles. The fourth-order valence-electron chi connectivity index (χ4n) is 3.73. The van der Waals surface area contributed by atoms with Crippen LogP contribution in [0, 0.1) is 6.92 Å². The summed E-state index contributed by atoms with van der Waals surface area (Å²) in [5, 5.41) is 4.03. The van der Waals surface area contributed by atoms with E-state index in [0.717, 1.165) is 43.0 Å². The van der Waals surface area contributed by atoms with Gasteiger partial charge >= 0.3 is 0 Å². The molecule has 0 radical (unpaired) electrons. The average molecular weight is 356 g/mol. The minimum absolute atomic E-state index is 0.106. The van der Waals surface area contributed by atoms with E-state index in [1.807, 2.05) is 29.2 Å². The number of hydrogen-bond donors (Lipinski definition) is 0. The van der Waals surface area contributed by atoms with Crippen LogP contribution in [0.3, 0.4) is 0 Å². The Labute approximate surface area is 152 Å². The normalized spacial score (nSPS) is 19.0. The molecule has 7 heteroatoms. The number of carbonyl (C=O) groups is 1. The quantitative estimate of drug-likeness (QED) is 0.840. The number of ether oxygens (including phenoxy) is 1. The smallest absolute Gasteiger partial charge is 0.255 e. The number of anilines is 1. The molecule has 7 nitrogen and oxygen atoms in total. The zero-order chi connectivity index (χ0) is 17.9. The van der Waals surface area contributed by atoms with Crippen molar-refractivity contribution in [2.45, 2.75) is 25.7 Å². The van der Waals surface area contributed by atoms with Crippen LogP contribution in [0.2, 0.25) is 0 Å². The Morgan fingerprint density at radius 1 is 1.12 bits per heavy atom. The molecular formula is C19H24N4O3. The van der Waals surface area contributed by atoms with Crippen molar-refractivity contribution < 1.29 is 14.1 Å². The van der Waals surface area contributed by atoms with Gasteiger partial charge in [0.25, 0.3) is 5.91 Å². The molecule has 0 spiro atoms. The number of aryl methyl sites for hydroxylation is 1. The maximum absolute atomic E-state index is 13.1. The topological polar surface area (TPSA) is 71.7 Å². The number of morpholine rings is 1. The summed E-state index contributed by atoms with van der Waals surface area (Å²) in [6.45, 7) is 6.30. The van der Waals surface area contributed by atoms with Crippen LogP contribution in [-0.4, -0.2) is 60.3 Å². The molecule has 0 bridgehead atoms. The fraction of sp³-hybridized carbons (Fsp3) is 0.526. The molecule has 4 rings (SSSR count). The third-order valence-corrected chi connectivity index (χ3v) is 5.18. The highest BCUT2D eigenvalue weighted by atomic mass is 16.5. The molecule has 2 aliphatic heterocycles. The van der Waals surface area contributed by atoms with E-state index in [4.69, 9.17) is 9.26 Å². The SMILES string of the molecule is Cc1nc(C2CCN(C(=O)c3ccccc3N3CCOCC3)CC2)no1. The molecule has 0 atom stereocenters. The number of piperidine rings is 1. The first-order chi connectivity index (χ1) is 12.7. The largest absolute Gasteiger partial charge is 0.378 e. The zero-order valence-electron chi connectivity index (χ0n) is 15.1. The highest BCUT2D eigenvalue weighted by Crippen LogP contribution is 2.29. The summed E-state index contributed by atoms with van der Waals surface area (Å²) in [7, 11) is 0. The van der Waals surface area contributed by atoms with Crippen LogP contribution < -0.4 is 4.90 Å². The van der Waals surface area contributed by atoms with E-state index >= 15 is 0 Å². The molecule has 2 fully saturated rings. The van der Waals surface area contributed by atoms with Crippen LogP contribution in [-0.2, 0) is 4.74 Å². The minimum atomic E-state index is 0.106. The molecule has 1 amide bonds. The summed E-state index contributed by atoms with van der Waals surface area (Å²) in [6.07, 6.45) is 1.73. The lowest BCUT2D eigenvalue weighted by atomic mass is 9.95. The molecule has 138 valence electrons. The van der Waals surface area contributed by atoms with E-state index in [2.05, 4.69) is 15.0 Å². The number of aromatic nitrogens is 2. The van der Waals surface area contributed by atoms with Crippen LogP contribution in [0.1, 0.15) is 40.8 Å². The van der Waals surface area contributed by atoms with E-state index in [1.165, 1.54) is 0 Å². The van der Waals surface area contributed by atoms with Crippen LogP contribution >= 0.6 is 0 Å². The summed E-state index contributed by atoms with van der Waals surface area (Å²) in [4.78, 5) is 21.7. The number of hydrogen-bond acceptors (Lipinski definition) is 6. The Balaban J connectivity index is 1.45. The third kappa shape index (κ3) is 3.44. The van der Waals surface area contributed by atoms with Gasteiger partial charge in [-0.3, -0.25) is 4.79 Å². The predicted octanol–water partition coefficient (Wildman–Crippen LogP) is 2.23. The predicted molar refractivity (Wildman–Crippen MR) is 96.4 cm³/mol. The van der Waals surface area contributed by atoms with Gasteiger partial charge in [0.05, 0.1) is 18.8 Å². The van der Waals surface area contributed by atoms with Gasteiger partial charge in [-0.1, -0.05) is 17.3 Å². The van der Waals surface area contributed by atoms with Crippen molar-refractivity contribution >= 4 is 11.6 Å². The van der Waals surface area contributed by atoms with Gasteiger partial charge in [-0.2, -0.15) is 4.98 Å². The lowest BCUT2D eigenvalue weighted by molar-refractivity contribution is 0.0710. The first kappa shape index (κ1) is 17.0. The number of carbonyl (C=O) groups excluding carboxylic acids is 1. The van der Waals surface area contributed by atoms with Crippen molar-refractivity contribution in [1.29, 1.82) is 0 Å². The Kier molecular flexibility index (Phi) is 4.88. The Bertz CT molecular complexity index is 762. The second-order valence-electron chi connectivity index (χ2n) is 6.85. The first-order valence-electron chi connectivity index (χ1n) is 9.23. The standard InChI is InChI=1S/C19H24N4O3/c1-14-20-18(21-26-14)15-6-8-23(9-7-15)19(24)16-4-2-3-5-17(16)22-10-12-25-13-11-22/h2-5,15H,6-13H2,1H3. The van der Waals surface area contributed by atoms with Gasteiger partial charge in [0, 0.05) is 44.7 Å². The summed E-state index contributed by atoms with van der Waals surface area (Å²) >= 11 is 0. The van der Waals surface area contributed by atoms with Gasteiger partial charge in [0.15, 0.2) is 5.82 Å². The molecule has 3 heterocycles. The molecule has 26 heavy (non-hydrogen) atoms. The highest BCUT2D eigenvalue weighted by molar-refractivity contribution is 5.99. The fourth-order valence-corrected chi connectivity index (χ4v) is 3.73. The first-order valence-corrected chi connectivity index (χ1v) is 9.23. The summed E-state index contributed by atoms with van der Waals surface area (Å²) in [5.41, 5.74) is 1.79. The lowest BCUT2D eigenvalue weighted by Crippen LogP contribution is -2.40. The summed E-state index contributed by atoms with van der Waals surface area (Å²) < 4.78 is 10.5. The van der Waals surface area contributed by atoms with Crippen LogP contribution in [0.4, 0.5) is 5.69 Å². The second-order valence-corrected chi connectivity index (χ2v) is 6.85. The average Bonchev–Trinajstić information content (AvgIpc) is 3.14. The lowest BCUT2D eigenvalue weighted by Gasteiger charge is -2.34. The molecule has 0 unspecified atom stereocenters. The monoisotopic (exact) mass is 356 g/mol. The second kappa shape index (κ2) is 7.45. The molecule has 0 N–H and O–H groups in total. The molecule has 0 aliphatic carbocycles. The minimum Gasteiger partial charge on any atom is -0.378 e. The number of rotatable bonds is 3. The van der Waals surface area contributed by atoms with Gasteiger partial charge in [-0.05, 0) is 25.0 Å². The van der Waals surface area contributed by atoms with Crippen LogP contribution in [0.15, 0.2) is 28.8 Å². The number of amides is 1. The van der Waals surface area contributed by atoms with Crippen LogP contribution in [0.5, 0.6) is 0 Å². The van der Waals surface area contributed by atoms with Gasteiger partial charge in [0.1, 0.15) is 0 Å². The molecule has 1 aromatic heterocycles. The van der Waals surface area contributed by atoms with Crippen LogP contribution in [0.25, 0.3) is 0 Å². The van der Waals surface area contributed by atoms with E-state index in [1.54, 1.807) is 6.92 Å². The van der Waals surface area contributed by atoms with E-state index in [9.17, 15) is 4.79 Å². The number of nitrogens with zero attached hydrogens (tertiary/aromatic N) is 4. The third-order valence-electron chi connectivity index (χ3n) is 5.18. The number of para-hydroxylation sites is 1. The zero-order valence-corrected chi connectivity index (χ0v) is 15.1. The molecule has 0 saturated carbocycles. The maximum atomic E-state index is 13.1. The van der Waals surface area contributed by atoms with E-state index < -0.39 is 0 Å². The van der Waals surface area contributed by atoms with Gasteiger partial charge in [0.2, 0.25) is 5.89 Å². The summed E-state index contributed by atoms with van der Waals surface area (Å²) in [5.74, 6) is 1.74. The van der Waals surface area contributed by atoms with Gasteiger partial charge in [-0.25, -0.2) is 0 Å². The Morgan fingerprint density at radius 3 is 2.54 bits per heavy atom. The van der Waals surface area contributed by atoms with Crippen molar-refractivity contribution in [3.8, 4) is 0 Å². The Hall–Kier alpha value is -2.41. The van der Waals surface area contributed by atoms with E-state index in [-0.39, 0.29) is 11.8 Å². The van der Waals surface area contributed by atoms with Crippen molar-refractivity contribution in [3.05, 3.63) is 41.5 Å². The summed E-state index contributed by atoms with van der Waals surface area (Å²) in [6, 6.07) is 7.90. The van der Waals surface area contributed by atoms with Gasteiger partial charge in [-0.15, -0.1) is 0 Å². The molecular weight excluding hydrogens is 332 g/mol. The number of benzene rings is 1. The van der Waals surface area contributed by atoms with Gasteiger partial charge < -0.3 is 19.1 Å².